The molecule has 1 saturated heterocycles. The first-order valence-electron chi connectivity index (χ1n) is 10.7. The minimum atomic E-state index is -0.333. The van der Waals surface area contributed by atoms with Crippen LogP contribution in [0.3, 0.4) is 0 Å². The van der Waals surface area contributed by atoms with Crippen LogP contribution in [0, 0.1) is 0 Å². The van der Waals surface area contributed by atoms with Gasteiger partial charge in [-0.25, -0.2) is 0 Å². The lowest BCUT2D eigenvalue weighted by Gasteiger charge is -2.36. The van der Waals surface area contributed by atoms with E-state index in [4.69, 9.17) is 39.5 Å². The minimum absolute atomic E-state index is 0.201. The van der Waals surface area contributed by atoms with E-state index in [0.29, 0.717) is 64.7 Å². The zero-order valence-electron chi connectivity index (χ0n) is 18.5. The molecule has 33 heavy (non-hydrogen) atoms. The van der Waals surface area contributed by atoms with Crippen LogP contribution in [0.4, 0.5) is 11.4 Å². The maximum absolute atomic E-state index is 12.4. The second-order valence-electron chi connectivity index (χ2n) is 7.62. The predicted molar refractivity (Wildman–Crippen MR) is 136 cm³/mol. The van der Waals surface area contributed by atoms with Crippen molar-refractivity contribution in [1.82, 2.24) is 4.90 Å². The summed E-state index contributed by atoms with van der Waals surface area (Å²) in [4.78, 5) is 28.5. The second-order valence-corrected chi connectivity index (χ2v) is 8.87. The van der Waals surface area contributed by atoms with Crippen molar-refractivity contribution in [3.05, 3.63) is 57.0 Å². The molecule has 0 aliphatic carbocycles. The van der Waals surface area contributed by atoms with Crippen LogP contribution in [0.25, 0.3) is 6.08 Å². The molecule has 6 nitrogen and oxygen atoms in total. The molecule has 9 heteroatoms. The van der Waals surface area contributed by atoms with Crippen molar-refractivity contribution in [1.29, 1.82) is 0 Å². The molecule has 176 valence electrons. The maximum Gasteiger partial charge on any atom is 0.248 e. The van der Waals surface area contributed by atoms with Gasteiger partial charge in [-0.05, 0) is 42.8 Å². The van der Waals surface area contributed by atoms with Crippen molar-refractivity contribution < 1.29 is 14.3 Å². The third-order valence-electron chi connectivity index (χ3n) is 5.31. The number of hydrogen-bond donors (Lipinski definition) is 1. The Kier molecular flexibility index (Phi) is 8.89. The lowest BCUT2D eigenvalue weighted by Crippen LogP contribution is -2.48. The predicted octanol–water partition coefficient (Wildman–Crippen LogP) is 5.76. The number of ether oxygens (including phenoxy) is 1. The van der Waals surface area contributed by atoms with Gasteiger partial charge in [0.25, 0.3) is 0 Å². The van der Waals surface area contributed by atoms with Gasteiger partial charge < -0.3 is 19.9 Å². The molecule has 0 atom stereocenters. The Labute approximate surface area is 209 Å². The van der Waals surface area contributed by atoms with Crippen molar-refractivity contribution in [2.45, 2.75) is 19.8 Å². The first-order valence-corrected chi connectivity index (χ1v) is 11.8. The SMILES string of the molecule is CCCC(=O)N1CCN(c2ccc(NC(=O)/C=C/c3cc(Cl)cc(Cl)c3OC)cc2Cl)CC1. The van der Waals surface area contributed by atoms with Crippen LogP contribution in [0.1, 0.15) is 25.3 Å². The summed E-state index contributed by atoms with van der Waals surface area (Å²) in [6.07, 6.45) is 4.40. The fourth-order valence-corrected chi connectivity index (χ4v) is 4.57. The van der Waals surface area contributed by atoms with Gasteiger partial charge in [0.2, 0.25) is 11.8 Å². The van der Waals surface area contributed by atoms with Crippen LogP contribution < -0.4 is 15.0 Å². The molecule has 1 fully saturated rings. The third kappa shape index (κ3) is 6.56. The molecule has 3 rings (SSSR count). The smallest absolute Gasteiger partial charge is 0.248 e. The van der Waals surface area contributed by atoms with Gasteiger partial charge in [-0.15, -0.1) is 0 Å². The second kappa shape index (κ2) is 11.6. The number of halogens is 3. The van der Waals surface area contributed by atoms with Crippen LogP contribution in [0.2, 0.25) is 15.1 Å². The van der Waals surface area contributed by atoms with Gasteiger partial charge in [0.15, 0.2) is 0 Å². The number of benzene rings is 2. The van der Waals surface area contributed by atoms with Crippen molar-refractivity contribution in [3.63, 3.8) is 0 Å². The van der Waals surface area contributed by atoms with E-state index >= 15 is 0 Å². The van der Waals surface area contributed by atoms with E-state index in [0.717, 1.165) is 12.1 Å². The Morgan fingerprint density at radius 3 is 2.42 bits per heavy atom. The zero-order valence-corrected chi connectivity index (χ0v) is 20.8. The number of carbonyl (C=O) groups is 2. The molecule has 1 aliphatic rings. The highest BCUT2D eigenvalue weighted by Gasteiger charge is 2.22. The van der Waals surface area contributed by atoms with Gasteiger partial charge in [0.1, 0.15) is 5.75 Å². The summed E-state index contributed by atoms with van der Waals surface area (Å²) in [5.41, 5.74) is 2.05. The van der Waals surface area contributed by atoms with Gasteiger partial charge in [-0.1, -0.05) is 41.7 Å². The number of nitrogens with one attached hydrogen (secondary N) is 1. The van der Waals surface area contributed by atoms with Crippen LogP contribution in [-0.4, -0.2) is 50.0 Å². The molecule has 0 radical (unpaired) electrons. The minimum Gasteiger partial charge on any atom is -0.495 e. The average molecular weight is 511 g/mol. The highest BCUT2D eigenvalue weighted by atomic mass is 35.5. The Morgan fingerprint density at radius 1 is 1.06 bits per heavy atom. The highest BCUT2D eigenvalue weighted by molar-refractivity contribution is 6.36. The molecule has 2 aromatic carbocycles. The third-order valence-corrected chi connectivity index (χ3v) is 6.11. The number of piperazine rings is 1. The topological polar surface area (TPSA) is 61.9 Å². The number of nitrogens with zero attached hydrogens (tertiary/aromatic N) is 2. The number of carbonyl (C=O) groups excluding carboxylic acids is 2. The number of amides is 2. The Balaban J connectivity index is 1.62. The summed E-state index contributed by atoms with van der Waals surface area (Å²) in [6, 6.07) is 8.64. The van der Waals surface area contributed by atoms with Crippen LogP contribution in [-0.2, 0) is 9.59 Å². The van der Waals surface area contributed by atoms with E-state index in [2.05, 4.69) is 10.2 Å². The zero-order chi connectivity index (χ0) is 24.0. The highest BCUT2D eigenvalue weighted by Crippen LogP contribution is 2.33. The Bertz CT molecular complexity index is 1050. The molecule has 1 N–H and O–H groups in total. The largest absolute Gasteiger partial charge is 0.495 e. The summed E-state index contributed by atoms with van der Waals surface area (Å²) in [5, 5.41) is 4.14. The van der Waals surface area contributed by atoms with E-state index in [1.165, 1.54) is 13.2 Å². The normalized spacial score (nSPS) is 14.0. The molecule has 0 spiro atoms. The average Bonchev–Trinajstić information content (AvgIpc) is 2.78. The van der Waals surface area contributed by atoms with Crippen molar-refractivity contribution in [3.8, 4) is 5.75 Å². The number of hydrogen-bond acceptors (Lipinski definition) is 4. The van der Waals surface area contributed by atoms with E-state index in [9.17, 15) is 9.59 Å². The van der Waals surface area contributed by atoms with Crippen molar-refractivity contribution in [2.75, 3.05) is 43.5 Å². The van der Waals surface area contributed by atoms with Gasteiger partial charge in [0, 0.05) is 54.9 Å². The van der Waals surface area contributed by atoms with E-state index in [1.807, 2.05) is 17.9 Å². The summed E-state index contributed by atoms with van der Waals surface area (Å²) in [7, 11) is 1.50. The summed E-state index contributed by atoms with van der Waals surface area (Å²) in [6.45, 7) is 4.79. The van der Waals surface area contributed by atoms with E-state index in [-0.39, 0.29) is 11.8 Å². The van der Waals surface area contributed by atoms with E-state index in [1.54, 1.807) is 30.3 Å². The quantitative estimate of drug-likeness (QED) is 0.481. The molecular formula is C24H26Cl3N3O3. The van der Waals surface area contributed by atoms with Crippen LogP contribution in [0.15, 0.2) is 36.4 Å². The first kappa shape index (κ1) is 25.2. The van der Waals surface area contributed by atoms with Crippen LogP contribution >= 0.6 is 34.8 Å². The standard InChI is InChI=1S/C24H26Cl3N3O3/c1-3-4-23(32)30-11-9-29(10-12-30)21-7-6-18(15-19(21)26)28-22(31)8-5-16-13-17(25)14-20(27)24(16)33-2/h5-8,13-15H,3-4,9-12H2,1-2H3,(H,28,31)/b8-5+. The Hall–Kier alpha value is -2.41. The molecule has 1 aliphatic heterocycles. The number of rotatable bonds is 7. The summed E-state index contributed by atoms with van der Waals surface area (Å²) in [5.74, 6) is 0.307. The first-order chi connectivity index (χ1) is 15.8. The molecule has 1 heterocycles. The van der Waals surface area contributed by atoms with Gasteiger partial charge in [-0.2, -0.15) is 0 Å². The van der Waals surface area contributed by atoms with Gasteiger partial charge in [0.05, 0.1) is 22.8 Å². The molecule has 0 bridgehead atoms. The number of anilines is 2. The van der Waals surface area contributed by atoms with Gasteiger partial charge >= 0.3 is 0 Å². The Morgan fingerprint density at radius 2 is 1.79 bits per heavy atom. The fourth-order valence-electron chi connectivity index (χ4n) is 3.68. The van der Waals surface area contributed by atoms with Crippen molar-refractivity contribution >= 4 is 64.1 Å². The summed E-state index contributed by atoms with van der Waals surface area (Å²) < 4.78 is 5.28. The molecular weight excluding hydrogens is 485 g/mol. The summed E-state index contributed by atoms with van der Waals surface area (Å²) >= 11 is 18.7. The monoisotopic (exact) mass is 509 g/mol. The van der Waals surface area contributed by atoms with E-state index < -0.39 is 0 Å². The number of methoxy groups -OCH3 is 1. The lowest BCUT2D eigenvalue weighted by molar-refractivity contribution is -0.131. The van der Waals surface area contributed by atoms with Crippen molar-refractivity contribution in [2.24, 2.45) is 0 Å². The lowest BCUT2D eigenvalue weighted by atomic mass is 10.2. The maximum atomic E-state index is 12.4. The molecule has 0 saturated carbocycles. The van der Waals surface area contributed by atoms with Gasteiger partial charge in [-0.3, -0.25) is 9.59 Å². The molecule has 0 unspecified atom stereocenters. The molecule has 0 aromatic heterocycles. The fraction of sp³-hybridized carbons (Fsp3) is 0.333. The molecule has 2 amide bonds. The molecule has 2 aromatic rings. The van der Waals surface area contributed by atoms with Crippen LogP contribution in [0.5, 0.6) is 5.75 Å².